The summed E-state index contributed by atoms with van der Waals surface area (Å²) in [6, 6.07) is 12.0. The van der Waals surface area contributed by atoms with E-state index >= 15 is 0 Å². The van der Waals surface area contributed by atoms with E-state index in [1.54, 1.807) is 0 Å². The molecule has 74 heavy (non-hydrogen) atoms. The number of carboxylic acid groups (broad SMARTS) is 2. The van der Waals surface area contributed by atoms with Crippen molar-refractivity contribution in [3.8, 4) is 0 Å². The monoisotopic (exact) mass is 1150 g/mol. The molecule has 0 bridgehead atoms. The first-order valence-corrected chi connectivity index (χ1v) is 25.3. The van der Waals surface area contributed by atoms with Gasteiger partial charge in [0.05, 0.1) is 18.3 Å². The Morgan fingerprint density at radius 3 is 1.66 bits per heavy atom. The quantitative estimate of drug-likeness (QED) is 0.0361. The Labute approximate surface area is 449 Å². The third-order valence-corrected chi connectivity index (χ3v) is 14.9. The van der Waals surface area contributed by atoms with Gasteiger partial charge in [0, 0.05) is 75.6 Å². The van der Waals surface area contributed by atoms with E-state index in [1.165, 1.54) is 14.2 Å². The van der Waals surface area contributed by atoms with Crippen LogP contribution in [0.4, 0.5) is 5.69 Å². The van der Waals surface area contributed by atoms with Crippen molar-refractivity contribution in [3.05, 3.63) is 88.0 Å². The molecule has 11 unspecified atom stereocenters. The van der Waals surface area contributed by atoms with Gasteiger partial charge in [-0.1, -0.05) is 68.7 Å². The topological polar surface area (TPSA) is 294 Å². The number of carbonyl (C=O) groups excluding carboxylic acids is 2. The number of methoxy groups -OCH3 is 2. The predicted octanol–water partition coefficient (Wildman–Crippen LogP) is -0.470. The summed E-state index contributed by atoms with van der Waals surface area (Å²) in [7, 11) is 2.61. The number of amides is 2. The normalized spacial score (nSPS) is 28.4. The molecule has 1 aliphatic carbocycles. The molecule has 2 aromatic carbocycles. The van der Waals surface area contributed by atoms with Crippen molar-refractivity contribution in [2.75, 3.05) is 33.9 Å². The Morgan fingerprint density at radius 1 is 0.649 bits per heavy atom. The van der Waals surface area contributed by atoms with Crippen LogP contribution >= 0.6 is 0 Å². The van der Waals surface area contributed by atoms with Crippen LogP contribution in [0, 0.1) is 0 Å². The molecule has 3 heterocycles. The number of halogens is 1. The van der Waals surface area contributed by atoms with Gasteiger partial charge in [-0.05, 0) is 67.9 Å². The number of allylic oxidation sites excluding steroid dienone is 4. The standard InChI is InChI=1S/C54H75N3O16.HI/c1-53(2)34(32(14-9-7-10-17-43(60)61)33-21-19-30(24-35(33)53)26-41(58)55-28-38-45(64)47(66)49(68)51(70-5)72-38)15-13-16-40-54(3,4)36-25-31(20-22-37(36)57(40)23-12-8-11-18-44(62)63)27-42(59)56-29-39-46(65)48(67)50(69)52(71-6)73-39;/h13,15-16,19-22,24-25,32,38-39,45-52,64-69H,7-12,14,17-18,23,26-29H2,1-6H3,(H3-,55,56,58,59,60,61,62,63);1H. The SMILES string of the molecule is COC1OC(CNC(=O)Cc2ccc3c(c2)C(C)(C)C(=CC=CC2=[N+](CCCCCC(=O)O)c4ccc(CC(=O)NCC5OC(OC)C(O)C(O)C5O)cc4C2(C)C)C3CCCCCC(=O)O)C(O)C(O)C1O.[I-]. The lowest BCUT2D eigenvalue weighted by atomic mass is 9.79. The minimum absolute atomic E-state index is 0. The molecule has 11 atom stereocenters. The molecule has 2 saturated heterocycles. The minimum Gasteiger partial charge on any atom is -1.00 e. The van der Waals surface area contributed by atoms with Crippen molar-refractivity contribution in [3.63, 3.8) is 0 Å². The van der Waals surface area contributed by atoms with Crippen molar-refractivity contribution < 1.29 is 108 Å². The highest BCUT2D eigenvalue weighted by atomic mass is 127. The number of nitrogens with one attached hydrogen (secondary N) is 2. The van der Waals surface area contributed by atoms with Crippen molar-refractivity contribution in [1.29, 1.82) is 0 Å². The fourth-order valence-corrected chi connectivity index (χ4v) is 10.8. The summed E-state index contributed by atoms with van der Waals surface area (Å²) in [5, 5.41) is 86.0. The Kier molecular flexibility index (Phi) is 21.9. The first-order valence-electron chi connectivity index (χ1n) is 25.3. The maximum atomic E-state index is 13.3. The highest BCUT2D eigenvalue weighted by Crippen LogP contribution is 2.52. The zero-order valence-electron chi connectivity index (χ0n) is 43.1. The van der Waals surface area contributed by atoms with E-state index in [4.69, 9.17) is 18.9 Å². The minimum atomic E-state index is -1.52. The Balaban J connectivity index is 0.0000101. The van der Waals surface area contributed by atoms with E-state index in [2.05, 4.69) is 73.3 Å². The number of unbranched alkanes of at least 4 members (excludes halogenated alkanes) is 4. The van der Waals surface area contributed by atoms with Gasteiger partial charge in [0.2, 0.25) is 17.5 Å². The molecule has 410 valence electrons. The summed E-state index contributed by atoms with van der Waals surface area (Å²) in [6.45, 7) is 8.95. The average molecular weight is 1150 g/mol. The van der Waals surface area contributed by atoms with Crippen LogP contribution in [0.25, 0.3) is 0 Å². The first-order chi connectivity index (χ1) is 34.6. The first kappa shape index (κ1) is 60.7. The smallest absolute Gasteiger partial charge is 0.303 e. The number of aliphatic hydroxyl groups is 6. The van der Waals surface area contributed by atoms with E-state index in [1.807, 2.05) is 24.3 Å². The number of rotatable bonds is 24. The van der Waals surface area contributed by atoms with Crippen LogP contribution in [0.1, 0.15) is 119 Å². The van der Waals surface area contributed by atoms with Crippen molar-refractivity contribution in [2.45, 2.75) is 176 Å². The predicted molar refractivity (Wildman–Crippen MR) is 266 cm³/mol. The summed E-state index contributed by atoms with van der Waals surface area (Å²) in [4.78, 5) is 49.2. The van der Waals surface area contributed by atoms with Crippen LogP contribution in [0.2, 0.25) is 0 Å². The molecule has 2 amide bonds. The third-order valence-electron chi connectivity index (χ3n) is 14.9. The molecule has 2 aromatic rings. The van der Waals surface area contributed by atoms with Gasteiger partial charge in [0.25, 0.3) is 0 Å². The molecule has 0 saturated carbocycles. The zero-order valence-corrected chi connectivity index (χ0v) is 45.3. The molecular weight excluding hydrogens is 1070 g/mol. The molecule has 0 spiro atoms. The molecule has 2 fully saturated rings. The number of aliphatic hydroxyl groups excluding tert-OH is 6. The highest BCUT2D eigenvalue weighted by Gasteiger charge is 2.47. The summed E-state index contributed by atoms with van der Waals surface area (Å²) in [5.41, 5.74) is 6.85. The lowest BCUT2D eigenvalue weighted by Crippen LogP contribution is -3.00. The highest BCUT2D eigenvalue weighted by molar-refractivity contribution is 6.03. The lowest BCUT2D eigenvalue weighted by molar-refractivity contribution is -0.438. The second-order valence-corrected chi connectivity index (χ2v) is 20.8. The lowest BCUT2D eigenvalue weighted by Gasteiger charge is -2.39. The van der Waals surface area contributed by atoms with Gasteiger partial charge >= 0.3 is 11.9 Å². The molecule has 4 aliphatic rings. The van der Waals surface area contributed by atoms with Crippen molar-refractivity contribution >= 4 is 35.2 Å². The number of fused-ring (bicyclic) bond motifs is 2. The summed E-state index contributed by atoms with van der Waals surface area (Å²) in [6.07, 6.45) is -1.73. The molecule has 6 rings (SSSR count). The van der Waals surface area contributed by atoms with E-state index in [-0.39, 0.29) is 80.5 Å². The number of ether oxygens (including phenoxy) is 4. The molecule has 10 N–H and O–H groups in total. The largest absolute Gasteiger partial charge is 1.00 e. The fraction of sp³-hybridized carbons (Fsp3) is 0.611. The average Bonchev–Trinajstić information content (AvgIpc) is 3.68. The molecule has 20 heteroatoms. The Bertz CT molecular complexity index is 2390. The Hall–Kier alpha value is -4.20. The van der Waals surface area contributed by atoms with E-state index in [0.717, 1.165) is 70.5 Å². The van der Waals surface area contributed by atoms with E-state index in [0.29, 0.717) is 25.8 Å². The number of hydrogen-bond acceptors (Lipinski definition) is 14. The second kappa shape index (κ2) is 26.7. The number of nitrogens with zero attached hydrogens (tertiary/aromatic N) is 1. The van der Waals surface area contributed by atoms with E-state index < -0.39 is 84.2 Å². The number of hydrogen-bond donors (Lipinski definition) is 10. The van der Waals surface area contributed by atoms with Gasteiger partial charge in [-0.25, -0.2) is 0 Å². The molecule has 19 nitrogen and oxygen atoms in total. The van der Waals surface area contributed by atoms with Gasteiger partial charge in [0.15, 0.2) is 18.3 Å². The Morgan fingerprint density at radius 2 is 1.15 bits per heavy atom. The number of carbonyl (C=O) groups is 4. The maximum absolute atomic E-state index is 13.3. The third kappa shape index (κ3) is 14.2. The molecule has 0 aromatic heterocycles. The van der Waals surface area contributed by atoms with Crippen LogP contribution in [0.5, 0.6) is 0 Å². The number of aliphatic carboxylic acids is 2. The van der Waals surface area contributed by atoms with Gasteiger partial charge in [-0.2, -0.15) is 4.58 Å². The van der Waals surface area contributed by atoms with Gasteiger partial charge in [-0.3, -0.25) is 19.2 Å². The van der Waals surface area contributed by atoms with Crippen LogP contribution in [0.3, 0.4) is 0 Å². The number of carboxylic acids is 2. The molecular formula is C54H76IN3O16. The van der Waals surface area contributed by atoms with Gasteiger partial charge in [-0.15, -0.1) is 0 Å². The van der Waals surface area contributed by atoms with Gasteiger partial charge in [0.1, 0.15) is 55.4 Å². The second-order valence-electron chi connectivity index (χ2n) is 20.8. The van der Waals surface area contributed by atoms with E-state index in [9.17, 15) is 60.0 Å². The van der Waals surface area contributed by atoms with Crippen LogP contribution in [-0.4, -0.2) is 170 Å². The molecule has 0 radical (unpaired) electrons. The van der Waals surface area contributed by atoms with Crippen molar-refractivity contribution in [2.24, 2.45) is 0 Å². The summed E-state index contributed by atoms with van der Waals surface area (Å²) in [5.74, 6) is -2.33. The fourth-order valence-electron chi connectivity index (χ4n) is 10.8. The zero-order chi connectivity index (χ0) is 53.4. The molecule has 3 aliphatic heterocycles. The van der Waals surface area contributed by atoms with Gasteiger partial charge < -0.3 is 94.4 Å². The summed E-state index contributed by atoms with van der Waals surface area (Å²) < 4.78 is 23.6. The van der Waals surface area contributed by atoms with Crippen molar-refractivity contribution in [1.82, 2.24) is 10.6 Å². The van der Waals surface area contributed by atoms with Crippen LogP contribution < -0.4 is 34.6 Å². The summed E-state index contributed by atoms with van der Waals surface area (Å²) >= 11 is 0. The number of benzene rings is 2. The van der Waals surface area contributed by atoms with Crippen LogP contribution in [-0.2, 0) is 61.8 Å². The maximum Gasteiger partial charge on any atom is 0.303 e. The van der Waals surface area contributed by atoms with Crippen LogP contribution in [0.15, 0.2) is 60.2 Å².